The lowest BCUT2D eigenvalue weighted by Crippen LogP contribution is -2.43. The Morgan fingerprint density at radius 1 is 1.26 bits per heavy atom. The van der Waals surface area contributed by atoms with Crippen LogP contribution >= 0.6 is 27.7 Å². The summed E-state index contributed by atoms with van der Waals surface area (Å²) in [5, 5.41) is 10.3. The van der Waals surface area contributed by atoms with Crippen molar-refractivity contribution in [1.29, 1.82) is 0 Å². The normalized spacial score (nSPS) is 15.4. The fourth-order valence-corrected chi connectivity index (χ4v) is 5.75. The number of fused-ring (bicyclic) bond motifs is 1. The molecule has 1 amide bonds. The van der Waals surface area contributed by atoms with Gasteiger partial charge in [-0.1, -0.05) is 11.8 Å². The number of imidazole rings is 1. The lowest BCUT2D eigenvalue weighted by Gasteiger charge is -2.32. The Morgan fingerprint density at radius 3 is 2.60 bits per heavy atom. The third-order valence-electron chi connectivity index (χ3n) is 6.21. The molecule has 3 heterocycles. The number of aliphatic hydroxyl groups excluding tert-OH is 1. The summed E-state index contributed by atoms with van der Waals surface area (Å²) >= 11 is 5.11. The van der Waals surface area contributed by atoms with E-state index in [2.05, 4.69) is 30.5 Å². The summed E-state index contributed by atoms with van der Waals surface area (Å²) in [5.74, 6) is 1.85. The monoisotopic (exact) mass is 564 g/mol. The average Bonchev–Trinajstić information content (AvgIpc) is 3.21. The van der Waals surface area contributed by atoms with Crippen LogP contribution in [0.25, 0.3) is 11.2 Å². The number of methoxy groups -OCH3 is 2. The van der Waals surface area contributed by atoms with Crippen LogP contribution in [-0.4, -0.2) is 68.8 Å². The van der Waals surface area contributed by atoms with Crippen molar-refractivity contribution >= 4 is 50.6 Å². The van der Waals surface area contributed by atoms with Crippen molar-refractivity contribution in [3.8, 4) is 11.5 Å². The highest BCUT2D eigenvalue weighted by molar-refractivity contribution is 9.10. The number of benzene rings is 1. The number of aliphatic hydroxyl groups is 1. The molecule has 35 heavy (non-hydrogen) atoms. The van der Waals surface area contributed by atoms with Gasteiger partial charge in [0.15, 0.2) is 33.6 Å². The first-order chi connectivity index (χ1) is 16.8. The number of nitrogens with zero attached hydrogens (tertiary/aromatic N) is 5. The first-order valence-electron chi connectivity index (χ1n) is 11.3. The average molecular weight is 565 g/mol. The molecule has 0 aliphatic carbocycles. The molecule has 12 heteroatoms. The zero-order chi connectivity index (χ0) is 25.1. The van der Waals surface area contributed by atoms with Gasteiger partial charge in [0.05, 0.1) is 14.2 Å². The molecular formula is C23H29BrN6O4S. The van der Waals surface area contributed by atoms with Crippen LogP contribution in [0.15, 0.2) is 33.0 Å². The first-order valence-corrected chi connectivity index (χ1v) is 13.0. The summed E-state index contributed by atoms with van der Waals surface area (Å²) in [4.78, 5) is 28.1. The number of rotatable bonds is 8. The second-order valence-electron chi connectivity index (χ2n) is 8.45. The maximum absolute atomic E-state index is 12.1. The number of hydrogen-bond acceptors (Lipinski definition) is 9. The topological polar surface area (TPSA) is 129 Å². The van der Waals surface area contributed by atoms with Crippen LogP contribution in [0, 0.1) is 5.92 Å². The number of amides is 1. The minimum Gasteiger partial charge on any atom is -0.493 e. The Balaban J connectivity index is 1.56. The number of likely N-dealkylation sites (tertiary alicyclic amines) is 1. The summed E-state index contributed by atoms with van der Waals surface area (Å²) in [5.41, 5.74) is 7.38. The zero-order valence-electron chi connectivity index (χ0n) is 19.9. The van der Waals surface area contributed by atoms with Crippen molar-refractivity contribution < 1.29 is 19.4 Å². The standard InChI is InChI=1S/C23H29BrN6O4S/c1-13(31)22(32)29-7-4-14(5-8-29)6-9-30-21-19(20(25)26-12-27-21)28-23(30)35-18-11-17(34-3)16(33-2)10-15(18)24/h10-14,31H,4-9H2,1-3H3,(H2,25,26,27). The number of nitrogen functional groups attached to an aromatic ring is 1. The van der Waals surface area contributed by atoms with E-state index in [4.69, 9.17) is 20.2 Å². The molecule has 1 aliphatic heterocycles. The van der Waals surface area contributed by atoms with Crippen molar-refractivity contribution in [2.75, 3.05) is 33.0 Å². The van der Waals surface area contributed by atoms with Crippen LogP contribution in [0.5, 0.6) is 11.5 Å². The van der Waals surface area contributed by atoms with Gasteiger partial charge in [0.1, 0.15) is 12.4 Å². The zero-order valence-corrected chi connectivity index (χ0v) is 22.3. The molecule has 1 aromatic carbocycles. The number of ether oxygens (including phenoxy) is 2. The molecular weight excluding hydrogens is 536 g/mol. The Morgan fingerprint density at radius 2 is 1.94 bits per heavy atom. The number of hydrogen-bond donors (Lipinski definition) is 2. The molecule has 0 spiro atoms. The second kappa shape index (κ2) is 11.0. The number of aromatic nitrogens is 4. The number of carbonyl (C=O) groups excluding carboxylic acids is 1. The molecule has 10 nitrogen and oxygen atoms in total. The lowest BCUT2D eigenvalue weighted by molar-refractivity contribution is -0.140. The molecule has 1 fully saturated rings. The van der Waals surface area contributed by atoms with Crippen LogP contribution in [0.2, 0.25) is 0 Å². The van der Waals surface area contributed by atoms with Crippen LogP contribution in [0.1, 0.15) is 26.2 Å². The Labute approximate surface area is 216 Å². The van der Waals surface area contributed by atoms with Gasteiger partial charge in [0.2, 0.25) is 0 Å². The van der Waals surface area contributed by atoms with Crippen molar-refractivity contribution in [2.45, 2.75) is 48.9 Å². The minimum atomic E-state index is -0.954. The van der Waals surface area contributed by atoms with Crippen molar-refractivity contribution in [3.63, 3.8) is 0 Å². The van der Waals surface area contributed by atoms with Gasteiger partial charge in [-0.2, -0.15) is 0 Å². The van der Waals surface area contributed by atoms with Gasteiger partial charge in [-0.25, -0.2) is 15.0 Å². The quantitative estimate of drug-likeness (QED) is 0.423. The smallest absolute Gasteiger partial charge is 0.251 e. The van der Waals surface area contributed by atoms with E-state index in [1.54, 1.807) is 19.1 Å². The van der Waals surface area contributed by atoms with Crippen molar-refractivity contribution in [1.82, 2.24) is 24.4 Å². The molecule has 3 N–H and O–H groups in total. The van der Waals surface area contributed by atoms with E-state index in [-0.39, 0.29) is 5.91 Å². The number of aryl methyl sites for hydroxylation is 1. The summed E-state index contributed by atoms with van der Waals surface area (Å²) in [6.45, 7) is 3.54. The number of carbonyl (C=O) groups is 1. The third kappa shape index (κ3) is 5.49. The molecule has 0 saturated carbocycles. The number of anilines is 1. The molecule has 188 valence electrons. The molecule has 0 radical (unpaired) electrons. The van der Waals surface area contributed by atoms with Gasteiger partial charge < -0.3 is 29.8 Å². The van der Waals surface area contributed by atoms with Crippen LogP contribution in [0.3, 0.4) is 0 Å². The van der Waals surface area contributed by atoms with E-state index < -0.39 is 6.10 Å². The summed E-state index contributed by atoms with van der Waals surface area (Å²) < 4.78 is 13.8. The number of piperidine rings is 1. The van der Waals surface area contributed by atoms with E-state index in [9.17, 15) is 9.90 Å². The molecule has 3 aromatic rings. The Kier molecular flexibility index (Phi) is 8.02. The van der Waals surface area contributed by atoms with Crippen LogP contribution in [-0.2, 0) is 11.3 Å². The minimum absolute atomic E-state index is 0.199. The van der Waals surface area contributed by atoms with Crippen LogP contribution < -0.4 is 15.2 Å². The highest BCUT2D eigenvalue weighted by Crippen LogP contribution is 2.41. The van der Waals surface area contributed by atoms with E-state index in [0.29, 0.717) is 54.0 Å². The van der Waals surface area contributed by atoms with E-state index >= 15 is 0 Å². The molecule has 1 saturated heterocycles. The maximum atomic E-state index is 12.1. The van der Waals surface area contributed by atoms with Gasteiger partial charge in [-0.05, 0) is 60.2 Å². The lowest BCUT2D eigenvalue weighted by atomic mass is 9.93. The van der Waals surface area contributed by atoms with Crippen molar-refractivity contribution in [3.05, 3.63) is 22.9 Å². The molecule has 1 atom stereocenters. The molecule has 1 aliphatic rings. The van der Waals surface area contributed by atoms with Gasteiger partial charge in [0.25, 0.3) is 5.91 Å². The molecule has 0 bridgehead atoms. The van der Waals surface area contributed by atoms with Crippen molar-refractivity contribution in [2.24, 2.45) is 5.92 Å². The van der Waals surface area contributed by atoms with Gasteiger partial charge in [-0.15, -0.1) is 0 Å². The van der Waals surface area contributed by atoms with Crippen LogP contribution in [0.4, 0.5) is 5.82 Å². The fourth-order valence-electron chi connectivity index (χ4n) is 4.24. The van der Waals surface area contributed by atoms with Gasteiger partial charge >= 0.3 is 0 Å². The largest absolute Gasteiger partial charge is 0.493 e. The maximum Gasteiger partial charge on any atom is 0.251 e. The number of nitrogens with two attached hydrogens (primary N) is 1. The highest BCUT2D eigenvalue weighted by Gasteiger charge is 2.26. The second-order valence-corrected chi connectivity index (χ2v) is 10.3. The predicted molar refractivity (Wildman–Crippen MR) is 137 cm³/mol. The first kappa shape index (κ1) is 25.5. The third-order valence-corrected chi connectivity index (χ3v) is 8.18. The van der Waals surface area contributed by atoms with Gasteiger partial charge in [-0.3, -0.25) is 4.79 Å². The number of halogens is 1. The van der Waals surface area contributed by atoms with E-state index in [1.807, 2.05) is 12.1 Å². The fraction of sp³-hybridized carbons (Fsp3) is 0.478. The Bertz CT molecular complexity index is 1210. The molecule has 1 unspecified atom stereocenters. The van der Waals surface area contributed by atoms with E-state index in [0.717, 1.165) is 33.8 Å². The predicted octanol–water partition coefficient (Wildman–Crippen LogP) is 3.35. The highest BCUT2D eigenvalue weighted by atomic mass is 79.9. The summed E-state index contributed by atoms with van der Waals surface area (Å²) in [6, 6.07) is 3.77. The molecule has 2 aromatic heterocycles. The Hall–Kier alpha value is -2.57. The summed E-state index contributed by atoms with van der Waals surface area (Å²) in [7, 11) is 3.20. The molecule has 4 rings (SSSR count). The van der Waals surface area contributed by atoms with Gasteiger partial charge in [0, 0.05) is 29.0 Å². The summed E-state index contributed by atoms with van der Waals surface area (Å²) in [6.07, 6.45) is 3.20. The van der Waals surface area contributed by atoms with E-state index in [1.165, 1.54) is 25.0 Å². The SMILES string of the molecule is COc1cc(Br)c(Sc2nc3c(N)ncnc3n2CCC2CCN(C(=O)C(C)O)CC2)cc1OC.